The van der Waals surface area contributed by atoms with Crippen LogP contribution in [-0.2, 0) is 17.0 Å². The van der Waals surface area contributed by atoms with E-state index in [9.17, 15) is 0 Å². The average Bonchev–Trinajstić information content (AvgIpc) is 3.10. The van der Waals surface area contributed by atoms with E-state index in [1.807, 2.05) is 0 Å². The van der Waals surface area contributed by atoms with Crippen molar-refractivity contribution in [3.63, 3.8) is 0 Å². The summed E-state index contributed by atoms with van der Waals surface area (Å²) in [5.41, 5.74) is 0.949. The van der Waals surface area contributed by atoms with Crippen molar-refractivity contribution < 1.29 is 17.0 Å². The molecule has 1 aliphatic heterocycles. The van der Waals surface area contributed by atoms with E-state index in [-0.39, 0.29) is 7.43 Å². The molecule has 6 heteroatoms. The van der Waals surface area contributed by atoms with Gasteiger partial charge in [-0.05, 0) is 48.7 Å². The molecule has 2 nitrogen and oxygen atoms in total. The van der Waals surface area contributed by atoms with Crippen molar-refractivity contribution in [2.75, 3.05) is 26.2 Å². The van der Waals surface area contributed by atoms with Crippen LogP contribution in [0.1, 0.15) is 38.5 Å². The molecule has 0 amide bonds. The zero-order chi connectivity index (χ0) is 19.3. The molecule has 1 saturated heterocycles. The number of hydrogen-bond donors (Lipinski definition) is 0. The van der Waals surface area contributed by atoms with E-state index >= 15 is 0 Å². The number of fused-ring (bicyclic) bond motifs is 1. The van der Waals surface area contributed by atoms with Crippen LogP contribution >= 0.6 is 18.6 Å². The van der Waals surface area contributed by atoms with Gasteiger partial charge in [0.2, 0.25) is 0 Å². The van der Waals surface area contributed by atoms with Crippen LogP contribution in [0.5, 0.6) is 0 Å². The Kier molecular flexibility index (Phi) is 10.9. The van der Waals surface area contributed by atoms with Crippen molar-refractivity contribution in [2.24, 2.45) is 23.7 Å². The van der Waals surface area contributed by atoms with Gasteiger partial charge in [-0.1, -0.05) is 69.5 Å². The Labute approximate surface area is 191 Å². The maximum atomic E-state index is 4.89. The third-order valence-electron chi connectivity index (χ3n) is 7.66. The molecule has 3 fully saturated rings. The van der Waals surface area contributed by atoms with E-state index in [2.05, 4.69) is 47.3 Å². The summed E-state index contributed by atoms with van der Waals surface area (Å²) in [6.45, 7) is 9.97. The summed E-state index contributed by atoms with van der Waals surface area (Å²) >= 11 is -0.556. The van der Waals surface area contributed by atoms with Gasteiger partial charge in [-0.15, -0.1) is 13.1 Å². The summed E-state index contributed by atoms with van der Waals surface area (Å²) in [5.74, 6) is 3.64. The molecule has 2 saturated carbocycles. The predicted octanol–water partition coefficient (Wildman–Crippen LogP) is 7.04. The summed E-state index contributed by atoms with van der Waals surface area (Å²) < 4.78 is 2.91. The van der Waals surface area contributed by atoms with Gasteiger partial charge in [-0.3, -0.25) is 0 Å². The molecule has 28 heavy (non-hydrogen) atoms. The Morgan fingerprint density at radius 1 is 1.00 bits per heavy atom. The van der Waals surface area contributed by atoms with Crippen LogP contribution in [0.3, 0.4) is 0 Å². The molecular formula is C22H38Cl2N2SiTi-2. The van der Waals surface area contributed by atoms with Crippen molar-refractivity contribution in [3.05, 3.63) is 37.0 Å². The summed E-state index contributed by atoms with van der Waals surface area (Å²) in [4.78, 5) is 0. The van der Waals surface area contributed by atoms with Crippen LogP contribution in [0.25, 0.3) is 5.32 Å². The van der Waals surface area contributed by atoms with Crippen LogP contribution in [0.2, 0.25) is 18.6 Å². The molecule has 4 unspecified atom stereocenters. The topological polar surface area (TPSA) is 17.3 Å². The second-order valence-corrected chi connectivity index (χ2v) is 16.4. The molecule has 0 aromatic rings. The van der Waals surface area contributed by atoms with Crippen molar-refractivity contribution >= 4 is 26.8 Å². The fraction of sp³-hybridized carbons (Fsp3) is 0.773. The number of nitrogens with zero attached hydrogens (tertiary/aromatic N) is 2. The Morgan fingerprint density at radius 3 is 2.25 bits per heavy atom. The molecule has 3 aliphatic carbocycles. The van der Waals surface area contributed by atoms with Gasteiger partial charge < -0.3 is 17.3 Å². The SMILES string of the molecule is C[Si](C)(C1C2C=CC=CC2CC1C1CCCCC1)N1CC[N-]CC1.[CH3-].[Cl][Ti][Cl]. The first kappa shape index (κ1) is 25.2. The summed E-state index contributed by atoms with van der Waals surface area (Å²) in [6, 6.07) is 0. The van der Waals surface area contributed by atoms with E-state index < -0.39 is 25.3 Å². The van der Waals surface area contributed by atoms with Gasteiger partial charge in [0, 0.05) is 0 Å². The zero-order valence-electron chi connectivity index (χ0n) is 17.9. The molecule has 0 bridgehead atoms. The molecule has 0 N–H and O–H groups in total. The van der Waals surface area contributed by atoms with Gasteiger partial charge in [0.25, 0.3) is 0 Å². The molecule has 4 aliphatic rings. The van der Waals surface area contributed by atoms with E-state index in [1.165, 1.54) is 51.6 Å². The van der Waals surface area contributed by atoms with Crippen molar-refractivity contribution in [1.82, 2.24) is 4.57 Å². The van der Waals surface area contributed by atoms with Crippen molar-refractivity contribution in [1.29, 1.82) is 0 Å². The quantitative estimate of drug-likeness (QED) is 0.315. The number of piperazine rings is 1. The van der Waals surface area contributed by atoms with Gasteiger partial charge in [0.1, 0.15) is 8.24 Å². The first-order valence-corrected chi connectivity index (χ1v) is 18.1. The van der Waals surface area contributed by atoms with Gasteiger partial charge in [-0.2, -0.15) is 0 Å². The molecule has 0 spiro atoms. The van der Waals surface area contributed by atoms with E-state index in [4.69, 9.17) is 18.6 Å². The molecule has 0 aromatic heterocycles. The molecule has 0 aromatic carbocycles. The third-order valence-corrected chi connectivity index (χ3v) is 12.2. The normalized spacial score (nSPS) is 33.4. The average molecular weight is 477 g/mol. The second-order valence-electron chi connectivity index (χ2n) is 9.22. The van der Waals surface area contributed by atoms with Crippen LogP contribution in [0.15, 0.2) is 24.3 Å². The van der Waals surface area contributed by atoms with E-state index in [0.29, 0.717) is 0 Å². The van der Waals surface area contributed by atoms with Crippen LogP contribution in [0, 0.1) is 31.1 Å². The van der Waals surface area contributed by atoms with Crippen LogP contribution in [0.4, 0.5) is 0 Å². The number of hydrogen-bond acceptors (Lipinski definition) is 1. The number of rotatable bonds is 3. The first-order valence-electron chi connectivity index (χ1n) is 10.8. The van der Waals surface area contributed by atoms with Crippen LogP contribution in [-0.4, -0.2) is 39.0 Å². The van der Waals surface area contributed by atoms with E-state index in [1.54, 1.807) is 0 Å². The Morgan fingerprint density at radius 2 is 1.61 bits per heavy atom. The van der Waals surface area contributed by atoms with Crippen molar-refractivity contribution in [3.8, 4) is 0 Å². The second kappa shape index (κ2) is 12.1. The standard InChI is InChI=1S/C21H35N2Si.CH3.2ClH.Ti/c1-24(2,23-14-12-22-13-15-23)21-19-11-7-6-10-18(19)16-20(21)17-8-4-3-5-9-17;;;;/h6-7,10-11,17-21H,3-5,8-9,12-16H2,1-2H3;1H3;2*1H;/q2*-1;;;+2/p-2. The fourth-order valence-corrected chi connectivity index (χ4v) is 11.0. The molecule has 4 atom stereocenters. The van der Waals surface area contributed by atoms with Crippen molar-refractivity contribution in [2.45, 2.75) is 57.2 Å². The van der Waals surface area contributed by atoms with Gasteiger partial charge >= 0.3 is 35.6 Å². The Balaban J connectivity index is 0.000000660. The first-order chi connectivity index (χ1) is 13.1. The summed E-state index contributed by atoms with van der Waals surface area (Å²) in [5, 5.41) is 4.61. The Bertz CT molecular complexity index is 517. The monoisotopic (exact) mass is 476 g/mol. The van der Waals surface area contributed by atoms with Gasteiger partial charge in [-0.25, -0.2) is 0 Å². The minimum absolute atomic E-state index is 0. The van der Waals surface area contributed by atoms with Crippen LogP contribution < -0.4 is 0 Å². The van der Waals surface area contributed by atoms with Gasteiger partial charge in [0.05, 0.1) is 0 Å². The van der Waals surface area contributed by atoms with Gasteiger partial charge in [0.15, 0.2) is 0 Å². The van der Waals surface area contributed by atoms with E-state index in [0.717, 1.165) is 42.3 Å². The zero-order valence-corrected chi connectivity index (χ0v) is 22.0. The third kappa shape index (κ3) is 5.78. The number of allylic oxidation sites excluding steroid dienone is 4. The predicted molar refractivity (Wildman–Crippen MR) is 124 cm³/mol. The fourth-order valence-electron chi connectivity index (χ4n) is 6.47. The Hall–Kier alpha value is 0.911. The molecule has 4 rings (SSSR count). The molecule has 160 valence electrons. The molecule has 1 heterocycles. The maximum absolute atomic E-state index is 4.89. The minimum atomic E-state index is -1.44. The molecular weight excluding hydrogens is 439 g/mol. The number of halogens is 2. The summed E-state index contributed by atoms with van der Waals surface area (Å²) in [7, 11) is 8.34. The summed E-state index contributed by atoms with van der Waals surface area (Å²) in [6.07, 6.45) is 18.7. The molecule has 0 radical (unpaired) electrons.